The monoisotopic (exact) mass is 396 g/mol. The molecule has 0 saturated carbocycles. The molecule has 6 nitrogen and oxygen atoms in total. The maximum Gasteiger partial charge on any atom is 0.289 e. The lowest BCUT2D eigenvalue weighted by atomic mass is 9.98. The van der Waals surface area contributed by atoms with Crippen LogP contribution in [0.15, 0.2) is 47.1 Å². The van der Waals surface area contributed by atoms with Crippen molar-refractivity contribution in [1.29, 1.82) is 0 Å². The van der Waals surface area contributed by atoms with Crippen LogP contribution in [0.5, 0.6) is 5.75 Å². The topological polar surface area (TPSA) is 63.0 Å². The average molecular weight is 396 g/mol. The Kier molecular flexibility index (Phi) is 6.17. The van der Waals surface area contributed by atoms with Crippen LogP contribution in [-0.4, -0.2) is 54.4 Å². The molecule has 0 radical (unpaired) electrons. The molecule has 1 aromatic carbocycles. The number of ether oxygens (including phenoxy) is 1. The second kappa shape index (κ2) is 9.16. The third kappa shape index (κ3) is 4.81. The van der Waals surface area contributed by atoms with Gasteiger partial charge in [0.1, 0.15) is 5.75 Å². The van der Waals surface area contributed by atoms with E-state index >= 15 is 0 Å². The maximum atomic E-state index is 12.7. The van der Waals surface area contributed by atoms with E-state index in [0.29, 0.717) is 30.2 Å². The van der Waals surface area contributed by atoms with Gasteiger partial charge in [0.2, 0.25) is 0 Å². The number of hydrogen-bond acceptors (Lipinski definition) is 4. The minimum atomic E-state index is -0.0613. The molecule has 2 saturated heterocycles. The van der Waals surface area contributed by atoms with Crippen LogP contribution in [0.2, 0.25) is 0 Å². The van der Waals surface area contributed by atoms with E-state index in [2.05, 4.69) is 0 Å². The van der Waals surface area contributed by atoms with Crippen molar-refractivity contribution >= 4 is 11.8 Å². The van der Waals surface area contributed by atoms with Gasteiger partial charge in [0.05, 0.1) is 12.9 Å². The van der Waals surface area contributed by atoms with Gasteiger partial charge in [-0.1, -0.05) is 6.07 Å². The molecule has 0 aliphatic carbocycles. The number of amides is 2. The van der Waals surface area contributed by atoms with Crippen molar-refractivity contribution in [1.82, 2.24) is 9.80 Å². The zero-order valence-electron chi connectivity index (χ0n) is 16.7. The SMILES string of the molecule is O=C(c1cccc(OC[C@H]2CCCN(C(=O)c3ccco3)C2)c1)N1CCCCC1. The number of carbonyl (C=O) groups is 2. The van der Waals surface area contributed by atoms with Crippen molar-refractivity contribution < 1.29 is 18.7 Å². The smallest absolute Gasteiger partial charge is 0.289 e. The fourth-order valence-corrected chi connectivity index (χ4v) is 4.15. The summed E-state index contributed by atoms with van der Waals surface area (Å²) in [5, 5.41) is 0. The highest BCUT2D eigenvalue weighted by molar-refractivity contribution is 5.94. The van der Waals surface area contributed by atoms with Crippen LogP contribution in [0.3, 0.4) is 0 Å². The van der Waals surface area contributed by atoms with Crippen molar-refractivity contribution in [2.24, 2.45) is 5.92 Å². The van der Waals surface area contributed by atoms with Gasteiger partial charge in [-0.15, -0.1) is 0 Å². The van der Waals surface area contributed by atoms with Crippen LogP contribution in [-0.2, 0) is 0 Å². The van der Waals surface area contributed by atoms with Crippen LogP contribution in [0.25, 0.3) is 0 Å². The second-order valence-corrected chi connectivity index (χ2v) is 7.93. The van der Waals surface area contributed by atoms with E-state index in [0.717, 1.165) is 45.3 Å². The average Bonchev–Trinajstić information content (AvgIpc) is 3.33. The number of carbonyl (C=O) groups excluding carboxylic acids is 2. The number of hydrogen-bond donors (Lipinski definition) is 0. The summed E-state index contributed by atoms with van der Waals surface area (Å²) in [5.41, 5.74) is 0.683. The molecule has 1 atom stereocenters. The first kappa shape index (κ1) is 19.6. The number of nitrogens with zero attached hydrogens (tertiary/aromatic N) is 2. The molecule has 1 aromatic heterocycles. The number of rotatable bonds is 5. The summed E-state index contributed by atoms with van der Waals surface area (Å²) in [7, 11) is 0. The predicted molar refractivity (Wildman–Crippen MR) is 109 cm³/mol. The fourth-order valence-electron chi connectivity index (χ4n) is 4.15. The summed E-state index contributed by atoms with van der Waals surface area (Å²) < 4.78 is 11.3. The van der Waals surface area contributed by atoms with E-state index in [4.69, 9.17) is 9.15 Å². The molecule has 0 spiro atoms. The Hall–Kier alpha value is -2.76. The van der Waals surface area contributed by atoms with E-state index in [1.54, 1.807) is 12.1 Å². The highest BCUT2D eigenvalue weighted by atomic mass is 16.5. The Balaban J connectivity index is 1.33. The van der Waals surface area contributed by atoms with Gasteiger partial charge in [0.25, 0.3) is 11.8 Å². The van der Waals surface area contributed by atoms with Gasteiger partial charge in [-0.05, 0) is 62.4 Å². The Bertz CT molecular complexity index is 827. The first-order valence-electron chi connectivity index (χ1n) is 10.6. The Morgan fingerprint density at radius 2 is 1.79 bits per heavy atom. The first-order valence-corrected chi connectivity index (χ1v) is 10.6. The molecule has 2 aliphatic rings. The lowest BCUT2D eigenvalue weighted by molar-refractivity contribution is 0.0601. The van der Waals surface area contributed by atoms with Gasteiger partial charge in [-0.25, -0.2) is 0 Å². The summed E-state index contributed by atoms with van der Waals surface area (Å²) >= 11 is 0. The molecule has 2 aromatic rings. The van der Waals surface area contributed by atoms with Gasteiger partial charge in [0.15, 0.2) is 5.76 Å². The van der Waals surface area contributed by atoms with E-state index in [1.807, 2.05) is 34.1 Å². The maximum absolute atomic E-state index is 12.7. The normalized spacial score (nSPS) is 19.8. The predicted octanol–water partition coefficient (Wildman–Crippen LogP) is 3.84. The third-order valence-corrected chi connectivity index (χ3v) is 5.75. The molecule has 0 N–H and O–H groups in total. The Morgan fingerprint density at radius 3 is 2.59 bits per heavy atom. The van der Waals surface area contributed by atoms with Crippen molar-refractivity contribution in [3.63, 3.8) is 0 Å². The van der Waals surface area contributed by atoms with E-state index in [9.17, 15) is 9.59 Å². The van der Waals surface area contributed by atoms with Gasteiger partial charge in [-0.2, -0.15) is 0 Å². The van der Waals surface area contributed by atoms with Gasteiger partial charge in [0, 0.05) is 37.7 Å². The van der Waals surface area contributed by atoms with E-state index < -0.39 is 0 Å². The van der Waals surface area contributed by atoms with Crippen molar-refractivity contribution in [3.05, 3.63) is 54.0 Å². The molecule has 0 unspecified atom stereocenters. The van der Waals surface area contributed by atoms with Crippen LogP contribution in [0, 0.1) is 5.92 Å². The van der Waals surface area contributed by atoms with Crippen LogP contribution in [0.1, 0.15) is 53.0 Å². The highest BCUT2D eigenvalue weighted by Gasteiger charge is 2.26. The first-order chi connectivity index (χ1) is 14.2. The van der Waals surface area contributed by atoms with Crippen molar-refractivity contribution in [3.8, 4) is 5.75 Å². The number of furan rings is 1. The standard InChI is InChI=1S/C23H28N2O4/c26-22(24-11-2-1-3-12-24)19-8-4-9-20(15-19)29-17-18-7-5-13-25(16-18)23(27)21-10-6-14-28-21/h4,6,8-10,14-15,18H,1-3,5,7,11-13,16-17H2/t18-/m0/s1. The summed E-state index contributed by atoms with van der Waals surface area (Å²) in [4.78, 5) is 29.0. The molecule has 29 heavy (non-hydrogen) atoms. The minimum absolute atomic E-state index is 0.0613. The lowest BCUT2D eigenvalue weighted by Crippen LogP contribution is -2.41. The molecule has 154 valence electrons. The summed E-state index contributed by atoms with van der Waals surface area (Å²) in [5.74, 6) is 1.39. The molecule has 2 amide bonds. The zero-order chi connectivity index (χ0) is 20.1. The molecular formula is C23H28N2O4. The van der Waals surface area contributed by atoms with E-state index in [1.165, 1.54) is 12.7 Å². The Morgan fingerprint density at radius 1 is 0.966 bits per heavy atom. The molecule has 2 aliphatic heterocycles. The summed E-state index contributed by atoms with van der Waals surface area (Å²) in [6, 6.07) is 10.9. The largest absolute Gasteiger partial charge is 0.493 e. The van der Waals surface area contributed by atoms with Gasteiger partial charge < -0.3 is 19.0 Å². The molecular weight excluding hydrogens is 368 g/mol. The molecule has 3 heterocycles. The molecule has 0 bridgehead atoms. The van der Waals surface area contributed by atoms with Crippen LogP contribution >= 0.6 is 0 Å². The number of likely N-dealkylation sites (tertiary alicyclic amines) is 2. The number of benzene rings is 1. The van der Waals surface area contributed by atoms with Crippen LogP contribution < -0.4 is 4.74 Å². The second-order valence-electron chi connectivity index (χ2n) is 7.93. The quantitative estimate of drug-likeness (QED) is 0.770. The molecule has 2 fully saturated rings. The highest BCUT2D eigenvalue weighted by Crippen LogP contribution is 2.22. The summed E-state index contributed by atoms with van der Waals surface area (Å²) in [6.45, 7) is 3.61. The van der Waals surface area contributed by atoms with Crippen molar-refractivity contribution in [2.45, 2.75) is 32.1 Å². The Labute approximate surface area is 171 Å². The zero-order valence-corrected chi connectivity index (χ0v) is 16.7. The number of piperidine rings is 2. The fraction of sp³-hybridized carbons (Fsp3) is 0.478. The molecule has 6 heteroatoms. The molecule has 4 rings (SSSR count). The van der Waals surface area contributed by atoms with E-state index in [-0.39, 0.29) is 17.7 Å². The minimum Gasteiger partial charge on any atom is -0.493 e. The van der Waals surface area contributed by atoms with Gasteiger partial charge >= 0.3 is 0 Å². The third-order valence-electron chi connectivity index (χ3n) is 5.75. The lowest BCUT2D eigenvalue weighted by Gasteiger charge is -2.32. The van der Waals surface area contributed by atoms with Crippen molar-refractivity contribution in [2.75, 3.05) is 32.8 Å². The summed E-state index contributed by atoms with van der Waals surface area (Å²) in [6.07, 6.45) is 6.86. The van der Waals surface area contributed by atoms with Crippen LogP contribution in [0.4, 0.5) is 0 Å². The van der Waals surface area contributed by atoms with Gasteiger partial charge in [-0.3, -0.25) is 9.59 Å².